The molecular weight excluding hydrogens is 266 g/mol. The van der Waals surface area contributed by atoms with Crippen molar-refractivity contribution in [3.05, 3.63) is 35.4 Å². The molecule has 0 aliphatic carbocycles. The molecule has 4 N–H and O–H groups in total. The maximum absolute atomic E-state index is 11.3. The van der Waals surface area contributed by atoms with Crippen molar-refractivity contribution in [1.82, 2.24) is 0 Å². The van der Waals surface area contributed by atoms with E-state index in [9.17, 15) is 19.8 Å². The maximum atomic E-state index is 11.3. The van der Waals surface area contributed by atoms with Crippen molar-refractivity contribution in [3.63, 3.8) is 0 Å². The van der Waals surface area contributed by atoms with Crippen LogP contribution in [0.25, 0.3) is 0 Å². The molecule has 2 atom stereocenters. The zero-order valence-electron chi connectivity index (χ0n) is 10.6. The Balaban J connectivity index is 2.69. The van der Waals surface area contributed by atoms with Crippen molar-refractivity contribution in [2.45, 2.75) is 19.1 Å². The molecule has 19 heavy (non-hydrogen) atoms. The number of aliphatic hydroxyl groups excluding tert-OH is 2. The Morgan fingerprint density at radius 1 is 1.26 bits per heavy atom. The fourth-order valence-corrected chi connectivity index (χ4v) is 2.09. The number of thioether (sulfide) groups is 1. The van der Waals surface area contributed by atoms with Crippen molar-refractivity contribution in [2.75, 3.05) is 12.3 Å². The molecule has 0 aliphatic heterocycles. The van der Waals surface area contributed by atoms with Crippen LogP contribution in [-0.2, 0) is 4.79 Å². The fraction of sp³-hybridized carbons (Fsp3) is 0.385. The van der Waals surface area contributed by atoms with Crippen LogP contribution < -0.4 is 5.73 Å². The molecule has 0 radical (unpaired) electrons. The van der Waals surface area contributed by atoms with Gasteiger partial charge in [-0.1, -0.05) is 36.0 Å². The second kappa shape index (κ2) is 7.40. The maximum Gasteiger partial charge on any atom is 0.185 e. The van der Waals surface area contributed by atoms with Crippen molar-refractivity contribution < 1.29 is 19.8 Å². The summed E-state index contributed by atoms with van der Waals surface area (Å²) in [5.41, 5.74) is 6.20. The van der Waals surface area contributed by atoms with Gasteiger partial charge in [0.25, 0.3) is 0 Å². The Morgan fingerprint density at radius 3 is 2.32 bits per heavy atom. The van der Waals surface area contributed by atoms with Gasteiger partial charge in [-0.2, -0.15) is 0 Å². The summed E-state index contributed by atoms with van der Waals surface area (Å²) >= 11 is 0.954. The molecule has 0 saturated heterocycles. The van der Waals surface area contributed by atoms with Crippen LogP contribution in [0.5, 0.6) is 0 Å². The van der Waals surface area contributed by atoms with Crippen LogP contribution >= 0.6 is 11.8 Å². The molecule has 2 unspecified atom stereocenters. The van der Waals surface area contributed by atoms with E-state index >= 15 is 0 Å². The van der Waals surface area contributed by atoms with Crippen molar-refractivity contribution in [3.8, 4) is 0 Å². The number of carbonyl (C=O) groups excluding carboxylic acids is 2. The SMILES string of the molecule is CC(=O)SCC(O)C(O)c1ccc(C(=O)CN)cc1. The Hall–Kier alpha value is -1.21. The molecule has 104 valence electrons. The Labute approximate surface area is 115 Å². The normalized spacial score (nSPS) is 13.9. The van der Waals surface area contributed by atoms with E-state index in [2.05, 4.69) is 0 Å². The van der Waals surface area contributed by atoms with E-state index in [-0.39, 0.29) is 23.2 Å². The van der Waals surface area contributed by atoms with Gasteiger partial charge in [-0.05, 0) is 5.56 Å². The lowest BCUT2D eigenvalue weighted by Crippen LogP contribution is -2.21. The quantitative estimate of drug-likeness (QED) is 0.657. The third-order valence-electron chi connectivity index (χ3n) is 2.58. The molecule has 1 rings (SSSR count). The van der Waals surface area contributed by atoms with E-state index in [1.54, 1.807) is 24.3 Å². The highest BCUT2D eigenvalue weighted by Crippen LogP contribution is 2.20. The number of Topliss-reactive ketones (excluding diaryl/α,β-unsaturated/α-hetero) is 1. The van der Waals surface area contributed by atoms with Crippen LogP contribution in [0.1, 0.15) is 28.9 Å². The highest BCUT2D eigenvalue weighted by Gasteiger charge is 2.19. The zero-order chi connectivity index (χ0) is 14.4. The molecule has 1 aromatic rings. The first kappa shape index (κ1) is 15.8. The summed E-state index contributed by atoms with van der Waals surface area (Å²) in [6.45, 7) is 1.33. The number of nitrogens with two attached hydrogens (primary N) is 1. The molecule has 6 heteroatoms. The standard InChI is InChI=1S/C13H17NO4S/c1-8(15)19-7-12(17)13(18)10-4-2-9(3-5-10)11(16)6-14/h2-5,12-13,17-18H,6-7,14H2,1H3. The molecule has 0 spiro atoms. The van der Waals surface area contributed by atoms with E-state index in [4.69, 9.17) is 5.73 Å². The fourth-order valence-electron chi connectivity index (χ4n) is 1.50. The predicted molar refractivity (Wildman–Crippen MR) is 73.9 cm³/mol. The van der Waals surface area contributed by atoms with Crippen LogP contribution in [0.2, 0.25) is 0 Å². The van der Waals surface area contributed by atoms with E-state index < -0.39 is 12.2 Å². The lowest BCUT2D eigenvalue weighted by molar-refractivity contribution is -0.109. The first-order valence-electron chi connectivity index (χ1n) is 5.78. The van der Waals surface area contributed by atoms with Crippen molar-refractivity contribution in [1.29, 1.82) is 0 Å². The largest absolute Gasteiger partial charge is 0.389 e. The number of benzene rings is 1. The van der Waals surface area contributed by atoms with E-state index in [1.807, 2.05) is 0 Å². The Kier molecular flexibility index (Phi) is 6.17. The number of rotatable bonds is 6. The lowest BCUT2D eigenvalue weighted by atomic mass is 10.0. The first-order chi connectivity index (χ1) is 8.95. The summed E-state index contributed by atoms with van der Waals surface area (Å²) in [6, 6.07) is 6.24. The summed E-state index contributed by atoms with van der Waals surface area (Å²) in [5.74, 6) is -0.0614. The predicted octanol–water partition coefficient (Wildman–Crippen LogP) is 0.502. The molecule has 0 amide bonds. The van der Waals surface area contributed by atoms with Crippen LogP contribution in [0, 0.1) is 0 Å². The monoisotopic (exact) mass is 283 g/mol. The zero-order valence-corrected chi connectivity index (χ0v) is 11.4. The second-order valence-corrected chi connectivity index (χ2v) is 5.26. The number of aliphatic hydroxyl groups is 2. The van der Waals surface area contributed by atoms with Crippen LogP contribution in [0.3, 0.4) is 0 Å². The van der Waals surface area contributed by atoms with E-state index in [1.165, 1.54) is 6.92 Å². The summed E-state index contributed by atoms with van der Waals surface area (Å²) < 4.78 is 0. The molecule has 0 fully saturated rings. The van der Waals surface area contributed by atoms with Gasteiger partial charge >= 0.3 is 0 Å². The minimum Gasteiger partial charge on any atom is -0.389 e. The summed E-state index contributed by atoms with van der Waals surface area (Å²) in [5, 5.41) is 19.5. The van der Waals surface area contributed by atoms with Gasteiger partial charge in [0.2, 0.25) is 0 Å². The molecular formula is C13H17NO4S. The average Bonchev–Trinajstić information content (AvgIpc) is 2.43. The third kappa shape index (κ3) is 4.76. The smallest absolute Gasteiger partial charge is 0.185 e. The molecule has 5 nitrogen and oxygen atoms in total. The number of carbonyl (C=O) groups is 2. The van der Waals surface area contributed by atoms with E-state index in [0.29, 0.717) is 11.1 Å². The topological polar surface area (TPSA) is 101 Å². The lowest BCUT2D eigenvalue weighted by Gasteiger charge is -2.17. The minimum atomic E-state index is -1.09. The van der Waals surface area contributed by atoms with Gasteiger partial charge in [-0.15, -0.1) is 0 Å². The minimum absolute atomic E-state index is 0.0697. The van der Waals surface area contributed by atoms with E-state index in [0.717, 1.165) is 11.8 Å². The van der Waals surface area contributed by atoms with Gasteiger partial charge in [0, 0.05) is 18.2 Å². The highest BCUT2D eigenvalue weighted by atomic mass is 32.2. The van der Waals surface area contributed by atoms with Crippen molar-refractivity contribution in [2.24, 2.45) is 5.73 Å². The van der Waals surface area contributed by atoms with Gasteiger partial charge in [0.15, 0.2) is 10.9 Å². The van der Waals surface area contributed by atoms with Gasteiger partial charge in [0.05, 0.1) is 12.6 Å². The number of hydrogen-bond acceptors (Lipinski definition) is 6. The summed E-state index contributed by atoms with van der Waals surface area (Å²) in [4.78, 5) is 22.1. The summed E-state index contributed by atoms with van der Waals surface area (Å²) in [7, 11) is 0. The number of ketones is 1. The average molecular weight is 283 g/mol. The van der Waals surface area contributed by atoms with Crippen LogP contribution in [-0.4, -0.2) is 39.5 Å². The molecule has 0 bridgehead atoms. The van der Waals surface area contributed by atoms with Gasteiger partial charge in [-0.3, -0.25) is 9.59 Å². The van der Waals surface area contributed by atoms with Gasteiger partial charge in [0.1, 0.15) is 6.10 Å². The highest BCUT2D eigenvalue weighted by molar-refractivity contribution is 8.13. The molecule has 1 aromatic carbocycles. The van der Waals surface area contributed by atoms with Crippen LogP contribution in [0.4, 0.5) is 0 Å². The van der Waals surface area contributed by atoms with Crippen LogP contribution in [0.15, 0.2) is 24.3 Å². The molecule has 0 saturated carbocycles. The number of hydrogen-bond donors (Lipinski definition) is 3. The second-order valence-electron chi connectivity index (χ2n) is 4.06. The van der Waals surface area contributed by atoms with Gasteiger partial charge in [-0.25, -0.2) is 0 Å². The summed E-state index contributed by atoms with van der Waals surface area (Å²) in [6.07, 6.45) is -2.13. The van der Waals surface area contributed by atoms with Crippen molar-refractivity contribution >= 4 is 22.7 Å². The molecule has 0 heterocycles. The Morgan fingerprint density at radius 2 is 1.84 bits per heavy atom. The first-order valence-corrected chi connectivity index (χ1v) is 6.77. The molecule has 0 aromatic heterocycles. The molecule has 0 aliphatic rings. The van der Waals surface area contributed by atoms with Gasteiger partial charge < -0.3 is 15.9 Å². The third-order valence-corrected chi connectivity index (χ3v) is 3.50. The Bertz CT molecular complexity index is 446.